The molecule has 1 amide bonds. The summed E-state index contributed by atoms with van der Waals surface area (Å²) in [6, 6.07) is 11.5. The standard InChI is InChI=1S/C15H10BrN3OS2/c16-11-6-9-12-10(7-21-15(9)22-11)13(19-18-12)14(20)17-8-4-2-1-3-5-8/h1-6H,7H2,(H,17,20)(H,18,19). The van der Waals surface area contributed by atoms with Crippen LogP contribution in [0.5, 0.6) is 0 Å². The number of carbonyl (C=O) groups excluding carboxylic acids is 1. The second-order valence-corrected chi connectivity index (χ2v) is 8.46. The molecule has 22 heavy (non-hydrogen) atoms. The van der Waals surface area contributed by atoms with Crippen LogP contribution in [0.25, 0.3) is 11.3 Å². The highest BCUT2D eigenvalue weighted by Crippen LogP contribution is 2.47. The lowest BCUT2D eigenvalue weighted by atomic mass is 10.1. The van der Waals surface area contributed by atoms with E-state index in [9.17, 15) is 4.79 Å². The van der Waals surface area contributed by atoms with E-state index >= 15 is 0 Å². The first-order valence-corrected chi connectivity index (χ1v) is 9.18. The number of aromatic nitrogens is 2. The number of hydrogen-bond acceptors (Lipinski definition) is 4. The second kappa shape index (κ2) is 5.57. The Labute approximate surface area is 143 Å². The molecule has 3 heterocycles. The lowest BCUT2D eigenvalue weighted by molar-refractivity contribution is 0.102. The van der Waals surface area contributed by atoms with Crippen molar-refractivity contribution in [1.29, 1.82) is 0 Å². The number of nitrogens with zero attached hydrogens (tertiary/aromatic N) is 1. The molecule has 1 aromatic carbocycles. The summed E-state index contributed by atoms with van der Waals surface area (Å²) in [6.45, 7) is 0. The molecule has 0 unspecified atom stereocenters. The van der Waals surface area contributed by atoms with Crippen LogP contribution in [0.1, 0.15) is 16.1 Å². The van der Waals surface area contributed by atoms with E-state index in [-0.39, 0.29) is 5.91 Å². The Morgan fingerprint density at radius 3 is 2.95 bits per heavy atom. The maximum absolute atomic E-state index is 12.5. The zero-order valence-corrected chi connectivity index (χ0v) is 14.4. The average molecular weight is 392 g/mol. The molecular formula is C15H10BrN3OS2. The molecule has 0 radical (unpaired) electrons. The van der Waals surface area contributed by atoms with E-state index < -0.39 is 0 Å². The molecule has 0 bridgehead atoms. The van der Waals surface area contributed by atoms with Crippen LogP contribution < -0.4 is 5.32 Å². The minimum Gasteiger partial charge on any atom is -0.321 e. The van der Waals surface area contributed by atoms with Crippen molar-refractivity contribution >= 4 is 50.6 Å². The molecule has 0 atom stereocenters. The minimum absolute atomic E-state index is 0.154. The summed E-state index contributed by atoms with van der Waals surface area (Å²) in [5, 5.41) is 10.2. The van der Waals surface area contributed by atoms with Gasteiger partial charge in [0.05, 0.1) is 13.7 Å². The van der Waals surface area contributed by atoms with Gasteiger partial charge in [-0.25, -0.2) is 0 Å². The van der Waals surface area contributed by atoms with Gasteiger partial charge in [0.1, 0.15) is 5.69 Å². The van der Waals surface area contributed by atoms with Gasteiger partial charge >= 0.3 is 0 Å². The quantitative estimate of drug-likeness (QED) is 0.661. The fourth-order valence-electron chi connectivity index (χ4n) is 2.39. The first-order valence-electron chi connectivity index (χ1n) is 6.58. The number of anilines is 1. The summed E-state index contributed by atoms with van der Waals surface area (Å²) in [6.07, 6.45) is 0. The van der Waals surface area contributed by atoms with Crippen molar-refractivity contribution in [2.24, 2.45) is 0 Å². The van der Waals surface area contributed by atoms with Gasteiger partial charge in [0.25, 0.3) is 5.91 Å². The number of halogens is 1. The molecule has 2 N–H and O–H groups in total. The van der Waals surface area contributed by atoms with Gasteiger partial charge in [-0.2, -0.15) is 5.10 Å². The first kappa shape index (κ1) is 14.0. The number of H-pyrrole nitrogens is 1. The van der Waals surface area contributed by atoms with Crippen LogP contribution >= 0.6 is 39.0 Å². The Morgan fingerprint density at radius 2 is 2.14 bits per heavy atom. The van der Waals surface area contributed by atoms with Crippen molar-refractivity contribution in [1.82, 2.24) is 10.2 Å². The Bertz CT molecular complexity index is 857. The van der Waals surface area contributed by atoms with Gasteiger partial charge in [0.2, 0.25) is 0 Å². The molecule has 0 saturated carbocycles. The zero-order valence-electron chi connectivity index (χ0n) is 11.2. The predicted octanol–water partition coefficient (Wildman–Crippen LogP) is 4.76. The zero-order chi connectivity index (χ0) is 15.1. The number of amides is 1. The number of rotatable bonds is 2. The number of benzene rings is 1. The van der Waals surface area contributed by atoms with Gasteiger partial charge in [-0.1, -0.05) is 18.2 Å². The SMILES string of the molecule is O=C(Nc1ccccc1)c1[nH]nc2c1CSc1sc(Br)cc1-2. The molecule has 4 rings (SSSR count). The highest BCUT2D eigenvalue weighted by atomic mass is 79.9. The fourth-order valence-corrected chi connectivity index (χ4v) is 5.59. The van der Waals surface area contributed by atoms with Crippen molar-refractivity contribution in [3.63, 3.8) is 0 Å². The lowest BCUT2D eigenvalue weighted by Gasteiger charge is -2.11. The summed E-state index contributed by atoms with van der Waals surface area (Å²) in [5.74, 6) is 0.599. The van der Waals surface area contributed by atoms with Crippen LogP contribution in [0.3, 0.4) is 0 Å². The summed E-state index contributed by atoms with van der Waals surface area (Å²) in [5.41, 5.74) is 4.26. The van der Waals surface area contributed by atoms with E-state index in [1.165, 1.54) is 4.21 Å². The molecule has 1 aliphatic rings. The maximum Gasteiger partial charge on any atom is 0.274 e. The average Bonchev–Trinajstić information content (AvgIpc) is 3.10. The Hall–Kier alpha value is -1.57. The number of nitrogens with one attached hydrogen (secondary N) is 2. The number of thioether (sulfide) groups is 1. The first-order chi connectivity index (χ1) is 10.7. The Kier molecular flexibility index (Phi) is 3.56. The van der Waals surface area contributed by atoms with Crippen LogP contribution in [-0.2, 0) is 5.75 Å². The van der Waals surface area contributed by atoms with E-state index in [0.29, 0.717) is 5.69 Å². The molecule has 4 nitrogen and oxygen atoms in total. The van der Waals surface area contributed by atoms with E-state index in [4.69, 9.17) is 0 Å². The molecule has 0 fully saturated rings. The molecule has 0 spiro atoms. The topological polar surface area (TPSA) is 57.8 Å². The maximum atomic E-state index is 12.5. The van der Waals surface area contributed by atoms with Crippen LogP contribution in [0.15, 0.2) is 44.4 Å². The highest BCUT2D eigenvalue weighted by Gasteiger charge is 2.27. The number of aromatic amines is 1. The van der Waals surface area contributed by atoms with Gasteiger partial charge in [0, 0.05) is 22.6 Å². The normalized spacial score (nSPS) is 12.6. The van der Waals surface area contributed by atoms with Crippen molar-refractivity contribution < 1.29 is 4.79 Å². The number of carbonyl (C=O) groups is 1. The largest absolute Gasteiger partial charge is 0.321 e. The third-order valence-corrected chi connectivity index (χ3v) is 6.35. The van der Waals surface area contributed by atoms with Crippen molar-refractivity contribution in [3.05, 3.63) is 51.4 Å². The molecule has 2 aromatic heterocycles. The third-order valence-electron chi connectivity index (χ3n) is 3.40. The van der Waals surface area contributed by atoms with Gasteiger partial charge in [-0.3, -0.25) is 9.89 Å². The molecule has 3 aromatic rings. The van der Waals surface area contributed by atoms with Gasteiger partial charge in [-0.15, -0.1) is 23.1 Å². The lowest BCUT2D eigenvalue weighted by Crippen LogP contribution is -2.14. The molecular weight excluding hydrogens is 382 g/mol. The van der Waals surface area contributed by atoms with Crippen molar-refractivity contribution in [2.75, 3.05) is 5.32 Å². The van der Waals surface area contributed by atoms with E-state index in [0.717, 1.165) is 32.0 Å². The predicted molar refractivity (Wildman–Crippen MR) is 93.6 cm³/mol. The molecule has 7 heteroatoms. The molecule has 110 valence electrons. The third kappa shape index (κ3) is 2.39. The summed E-state index contributed by atoms with van der Waals surface area (Å²) < 4.78 is 2.32. The molecule has 1 aliphatic heterocycles. The van der Waals surface area contributed by atoms with Gasteiger partial charge < -0.3 is 5.32 Å². The van der Waals surface area contributed by atoms with E-state index in [1.54, 1.807) is 23.1 Å². The number of hydrogen-bond donors (Lipinski definition) is 2. The second-order valence-electron chi connectivity index (χ2n) is 4.79. The Morgan fingerprint density at radius 1 is 1.32 bits per heavy atom. The summed E-state index contributed by atoms with van der Waals surface area (Å²) >= 11 is 6.95. The monoisotopic (exact) mass is 391 g/mol. The van der Waals surface area contributed by atoms with E-state index in [2.05, 4.69) is 37.5 Å². The smallest absolute Gasteiger partial charge is 0.274 e. The molecule has 0 saturated heterocycles. The number of fused-ring (bicyclic) bond motifs is 3. The van der Waals surface area contributed by atoms with Crippen LogP contribution in [0, 0.1) is 0 Å². The van der Waals surface area contributed by atoms with E-state index in [1.807, 2.05) is 30.3 Å². The fraction of sp³-hybridized carbons (Fsp3) is 0.0667. The molecule has 0 aliphatic carbocycles. The van der Waals surface area contributed by atoms with Crippen molar-refractivity contribution in [2.45, 2.75) is 9.96 Å². The summed E-state index contributed by atoms with van der Waals surface area (Å²) in [7, 11) is 0. The highest BCUT2D eigenvalue weighted by molar-refractivity contribution is 9.11. The number of para-hydroxylation sites is 1. The Balaban J connectivity index is 1.68. The van der Waals surface area contributed by atoms with Crippen molar-refractivity contribution in [3.8, 4) is 11.3 Å². The van der Waals surface area contributed by atoms with Gasteiger partial charge in [-0.05, 0) is 34.1 Å². The summed E-state index contributed by atoms with van der Waals surface area (Å²) in [4.78, 5) is 12.5. The van der Waals surface area contributed by atoms with Gasteiger partial charge in [0.15, 0.2) is 0 Å². The number of thiophene rings is 1. The van der Waals surface area contributed by atoms with Crippen LogP contribution in [0.2, 0.25) is 0 Å². The van der Waals surface area contributed by atoms with Crippen LogP contribution in [0.4, 0.5) is 5.69 Å². The van der Waals surface area contributed by atoms with Crippen LogP contribution in [-0.4, -0.2) is 16.1 Å². The minimum atomic E-state index is -0.154.